The fourth-order valence-electron chi connectivity index (χ4n) is 1.32. The molecule has 0 bridgehead atoms. The number of hydrogen-bond donors (Lipinski definition) is 0. The number of benzene rings is 1. The minimum absolute atomic E-state index is 0.515. The molecule has 1 aromatic rings. The Morgan fingerprint density at radius 2 is 2.12 bits per heavy atom. The molecule has 1 aromatic carbocycles. The predicted octanol–water partition coefficient (Wildman–Crippen LogP) is 2.69. The molecule has 3 nitrogen and oxygen atoms in total. The number of carbonyl (C=O) groups excluding carboxylic acids is 1. The van der Waals surface area contributed by atoms with Crippen LogP contribution in [0.2, 0.25) is 0 Å². The van der Waals surface area contributed by atoms with Crippen molar-refractivity contribution in [1.82, 2.24) is 0 Å². The van der Waals surface area contributed by atoms with Gasteiger partial charge in [0.05, 0.1) is 13.2 Å². The third kappa shape index (κ3) is 4.20. The summed E-state index contributed by atoms with van der Waals surface area (Å²) in [5.74, 6) is 6.97. The monoisotopic (exact) mass is 232 g/mol. The number of carbonyl (C=O) groups is 1. The molecule has 0 aliphatic rings. The number of hydrogen-bond acceptors (Lipinski definition) is 3. The molecule has 1 rings (SSSR count). The third-order valence-electron chi connectivity index (χ3n) is 2.07. The fourth-order valence-corrected chi connectivity index (χ4v) is 1.32. The van der Waals surface area contributed by atoms with E-state index in [2.05, 4.69) is 11.8 Å². The van der Waals surface area contributed by atoms with Gasteiger partial charge in [-0.15, -0.1) is 11.8 Å². The normalized spacial score (nSPS) is 9.06. The van der Waals surface area contributed by atoms with Crippen LogP contribution in [-0.4, -0.2) is 19.5 Å². The van der Waals surface area contributed by atoms with Crippen LogP contribution in [0.3, 0.4) is 0 Å². The molecule has 0 spiro atoms. The zero-order valence-corrected chi connectivity index (χ0v) is 10.2. The van der Waals surface area contributed by atoms with E-state index >= 15 is 0 Å². The molecule has 0 saturated heterocycles. The molecule has 0 fully saturated rings. The first-order valence-corrected chi connectivity index (χ1v) is 5.56. The minimum Gasteiger partial charge on any atom is -0.490 e. The Balaban J connectivity index is 2.73. The van der Waals surface area contributed by atoms with Crippen LogP contribution in [0.5, 0.6) is 11.5 Å². The van der Waals surface area contributed by atoms with Crippen LogP contribution >= 0.6 is 0 Å². The Labute approximate surface area is 102 Å². The highest BCUT2D eigenvalue weighted by Gasteiger charge is 2.05. The average Bonchev–Trinajstić information content (AvgIpc) is 2.36. The van der Waals surface area contributed by atoms with Crippen molar-refractivity contribution in [3.8, 4) is 23.3 Å². The summed E-state index contributed by atoms with van der Waals surface area (Å²) < 4.78 is 11.0. The molecule has 0 N–H and O–H groups in total. The maximum Gasteiger partial charge on any atom is 0.161 e. The van der Waals surface area contributed by atoms with Crippen molar-refractivity contribution in [2.75, 3.05) is 13.2 Å². The zero-order valence-electron chi connectivity index (χ0n) is 10.2. The molecule has 0 radical (unpaired) electrons. The summed E-state index contributed by atoms with van der Waals surface area (Å²) >= 11 is 0. The molecule has 0 atom stereocenters. The minimum atomic E-state index is 0.515. The van der Waals surface area contributed by atoms with Gasteiger partial charge in [0.2, 0.25) is 0 Å². The summed E-state index contributed by atoms with van der Waals surface area (Å²) in [5.41, 5.74) is 0.578. The highest BCUT2D eigenvalue weighted by Crippen LogP contribution is 2.28. The fraction of sp³-hybridized carbons (Fsp3) is 0.357. The van der Waals surface area contributed by atoms with Gasteiger partial charge in [-0.25, -0.2) is 0 Å². The van der Waals surface area contributed by atoms with Gasteiger partial charge in [-0.1, -0.05) is 0 Å². The molecule has 0 aromatic heterocycles. The van der Waals surface area contributed by atoms with E-state index in [1.165, 1.54) is 0 Å². The van der Waals surface area contributed by atoms with E-state index in [9.17, 15) is 4.79 Å². The summed E-state index contributed by atoms with van der Waals surface area (Å²) in [6.07, 6.45) is 1.46. The van der Waals surface area contributed by atoms with Gasteiger partial charge in [-0.05, 0) is 32.0 Å². The Morgan fingerprint density at radius 1 is 1.29 bits per heavy atom. The van der Waals surface area contributed by atoms with Crippen molar-refractivity contribution in [1.29, 1.82) is 0 Å². The first-order valence-electron chi connectivity index (χ1n) is 5.56. The predicted molar refractivity (Wildman–Crippen MR) is 66.6 cm³/mol. The molecule has 0 amide bonds. The van der Waals surface area contributed by atoms with Gasteiger partial charge in [0, 0.05) is 12.0 Å². The molecule has 0 heterocycles. The van der Waals surface area contributed by atoms with Crippen molar-refractivity contribution in [3.05, 3.63) is 23.8 Å². The van der Waals surface area contributed by atoms with Crippen LogP contribution < -0.4 is 9.47 Å². The highest BCUT2D eigenvalue weighted by molar-refractivity contribution is 5.76. The lowest BCUT2D eigenvalue weighted by atomic mass is 10.2. The molecule has 17 heavy (non-hydrogen) atoms. The van der Waals surface area contributed by atoms with E-state index in [1.807, 2.05) is 6.92 Å². The van der Waals surface area contributed by atoms with Crippen molar-refractivity contribution in [3.63, 3.8) is 0 Å². The molecule has 0 aliphatic carbocycles. The molecular weight excluding hydrogens is 216 g/mol. The summed E-state index contributed by atoms with van der Waals surface area (Å²) in [5, 5.41) is 0. The molecular formula is C14H16O3. The zero-order chi connectivity index (χ0) is 12.5. The van der Waals surface area contributed by atoms with Crippen molar-refractivity contribution in [2.24, 2.45) is 0 Å². The quantitative estimate of drug-likeness (QED) is 0.430. The van der Waals surface area contributed by atoms with Crippen molar-refractivity contribution in [2.45, 2.75) is 20.3 Å². The smallest absolute Gasteiger partial charge is 0.161 e. The highest BCUT2D eigenvalue weighted by atomic mass is 16.5. The largest absolute Gasteiger partial charge is 0.490 e. The van der Waals surface area contributed by atoms with Gasteiger partial charge >= 0.3 is 0 Å². The maximum absolute atomic E-state index is 10.7. The molecule has 3 heteroatoms. The SMILES string of the molecule is CC#CCCOc1ccc(C=O)cc1OCC. The van der Waals surface area contributed by atoms with Crippen LogP contribution in [0.25, 0.3) is 0 Å². The third-order valence-corrected chi connectivity index (χ3v) is 2.07. The van der Waals surface area contributed by atoms with E-state index in [-0.39, 0.29) is 0 Å². The van der Waals surface area contributed by atoms with E-state index < -0.39 is 0 Å². The second-order valence-electron chi connectivity index (χ2n) is 3.28. The van der Waals surface area contributed by atoms with E-state index in [0.29, 0.717) is 36.7 Å². The van der Waals surface area contributed by atoms with E-state index in [1.54, 1.807) is 25.1 Å². The molecule has 0 saturated carbocycles. The summed E-state index contributed by atoms with van der Waals surface area (Å²) in [4.78, 5) is 10.7. The van der Waals surface area contributed by atoms with Gasteiger partial charge in [0.15, 0.2) is 11.5 Å². The lowest BCUT2D eigenvalue weighted by molar-refractivity contribution is 0.112. The Morgan fingerprint density at radius 3 is 2.76 bits per heavy atom. The van der Waals surface area contributed by atoms with Crippen LogP contribution in [-0.2, 0) is 0 Å². The first kappa shape index (κ1) is 13.1. The summed E-state index contributed by atoms with van der Waals surface area (Å²) in [7, 11) is 0. The molecule has 0 unspecified atom stereocenters. The van der Waals surface area contributed by atoms with Gasteiger partial charge < -0.3 is 9.47 Å². The Bertz CT molecular complexity index is 427. The summed E-state index contributed by atoms with van der Waals surface area (Å²) in [6.45, 7) is 4.74. The second kappa shape index (κ2) is 7.34. The number of rotatable bonds is 6. The van der Waals surface area contributed by atoms with Gasteiger partial charge in [0.25, 0.3) is 0 Å². The standard InChI is InChI=1S/C14H16O3/c1-3-5-6-9-17-13-8-7-12(11-15)10-14(13)16-4-2/h7-8,10-11H,4,6,9H2,1-2H3. The van der Waals surface area contributed by atoms with Crippen molar-refractivity contribution >= 4 is 6.29 Å². The lowest BCUT2D eigenvalue weighted by Crippen LogP contribution is -2.01. The second-order valence-corrected chi connectivity index (χ2v) is 3.28. The van der Waals surface area contributed by atoms with Gasteiger partial charge in [-0.3, -0.25) is 4.79 Å². The van der Waals surface area contributed by atoms with Crippen LogP contribution in [0.1, 0.15) is 30.6 Å². The number of ether oxygens (including phenoxy) is 2. The Kier molecular flexibility index (Phi) is 5.67. The lowest BCUT2D eigenvalue weighted by Gasteiger charge is -2.11. The molecule has 0 aliphatic heterocycles. The van der Waals surface area contributed by atoms with E-state index in [0.717, 1.165) is 6.29 Å². The van der Waals surface area contributed by atoms with Crippen LogP contribution in [0.15, 0.2) is 18.2 Å². The summed E-state index contributed by atoms with van der Waals surface area (Å²) in [6, 6.07) is 5.13. The van der Waals surface area contributed by atoms with Crippen molar-refractivity contribution < 1.29 is 14.3 Å². The topological polar surface area (TPSA) is 35.5 Å². The maximum atomic E-state index is 10.7. The average molecular weight is 232 g/mol. The van der Waals surface area contributed by atoms with Gasteiger partial charge in [0.1, 0.15) is 6.29 Å². The van der Waals surface area contributed by atoms with Crippen LogP contribution in [0.4, 0.5) is 0 Å². The number of aldehydes is 1. The first-order chi connectivity index (χ1) is 8.31. The van der Waals surface area contributed by atoms with Crippen LogP contribution in [0, 0.1) is 11.8 Å². The van der Waals surface area contributed by atoms with Gasteiger partial charge in [-0.2, -0.15) is 0 Å². The molecule has 90 valence electrons. The van der Waals surface area contributed by atoms with E-state index in [4.69, 9.17) is 9.47 Å². The Hall–Kier alpha value is -1.95.